The van der Waals surface area contributed by atoms with Gasteiger partial charge < -0.3 is 5.11 Å². The predicted molar refractivity (Wildman–Crippen MR) is 82.4 cm³/mol. The summed E-state index contributed by atoms with van der Waals surface area (Å²) in [6, 6.07) is 5.47. The highest BCUT2D eigenvalue weighted by Gasteiger charge is 2.29. The van der Waals surface area contributed by atoms with E-state index in [1.807, 2.05) is 12.1 Å². The van der Waals surface area contributed by atoms with Gasteiger partial charge in [0, 0.05) is 9.13 Å². The molecule has 0 saturated carbocycles. The van der Waals surface area contributed by atoms with Crippen molar-refractivity contribution in [3.8, 4) is 11.4 Å². The summed E-state index contributed by atoms with van der Waals surface area (Å²) in [4.78, 5) is 11.2. The number of hydrogen-bond donors (Lipinski definition) is 1. The zero-order valence-electron chi connectivity index (χ0n) is 10.8. The summed E-state index contributed by atoms with van der Waals surface area (Å²) in [7, 11) is 0. The number of carboxylic acid groups (broad SMARTS) is 1. The molecular weight excluding hydrogens is 395 g/mol. The van der Waals surface area contributed by atoms with Crippen LogP contribution in [0.15, 0.2) is 18.2 Å². The monoisotopic (exact) mass is 406 g/mol. The van der Waals surface area contributed by atoms with Crippen molar-refractivity contribution in [3.05, 3.63) is 26.8 Å². The maximum Gasteiger partial charge on any atom is 0.310 e. The number of hydrogen-bond acceptors (Lipinski definition) is 4. The fourth-order valence-corrected chi connectivity index (χ4v) is 2.11. The highest BCUT2D eigenvalue weighted by atomic mass is 127. The lowest BCUT2D eigenvalue weighted by Crippen LogP contribution is -2.30. The zero-order valence-corrected chi connectivity index (χ0v) is 13.8. The molecule has 0 aliphatic carbocycles. The molecule has 8 heteroatoms. The second-order valence-electron chi connectivity index (χ2n) is 4.98. The number of halogens is 2. The van der Waals surface area contributed by atoms with Gasteiger partial charge in [0.2, 0.25) is 0 Å². The van der Waals surface area contributed by atoms with Crippen LogP contribution in [0, 0.1) is 8.99 Å². The van der Waals surface area contributed by atoms with Crippen LogP contribution in [0.4, 0.5) is 0 Å². The molecule has 0 atom stereocenters. The SMILES string of the molecule is CC(C)(Cn1nnnc1-c1ccc(I)c(Cl)c1)C(=O)O. The van der Waals surface area contributed by atoms with E-state index in [1.165, 1.54) is 4.68 Å². The average molecular weight is 407 g/mol. The van der Waals surface area contributed by atoms with E-state index in [2.05, 4.69) is 38.1 Å². The van der Waals surface area contributed by atoms with Gasteiger partial charge in [-0.2, -0.15) is 0 Å². The number of carbonyl (C=O) groups is 1. The predicted octanol–water partition coefficient (Wildman–Crippen LogP) is 2.71. The number of tetrazole rings is 1. The summed E-state index contributed by atoms with van der Waals surface area (Å²) in [5.41, 5.74) is -0.210. The molecule has 1 N–H and O–H groups in total. The van der Waals surface area contributed by atoms with Gasteiger partial charge in [-0.15, -0.1) is 5.10 Å². The van der Waals surface area contributed by atoms with Crippen LogP contribution in [-0.2, 0) is 11.3 Å². The molecule has 2 rings (SSSR count). The molecule has 1 heterocycles. The minimum absolute atomic E-state index is 0.175. The number of benzene rings is 1. The topological polar surface area (TPSA) is 80.9 Å². The number of nitrogens with zero attached hydrogens (tertiary/aromatic N) is 4. The molecule has 2 aromatic rings. The fraction of sp³-hybridized carbons (Fsp3) is 0.333. The normalized spacial score (nSPS) is 11.6. The van der Waals surface area contributed by atoms with E-state index in [0.717, 1.165) is 9.13 Å². The fourth-order valence-electron chi connectivity index (χ4n) is 1.60. The maximum absolute atomic E-state index is 11.2. The smallest absolute Gasteiger partial charge is 0.310 e. The molecule has 106 valence electrons. The Bertz CT molecular complexity index is 657. The van der Waals surface area contributed by atoms with Gasteiger partial charge in [-0.3, -0.25) is 4.79 Å². The van der Waals surface area contributed by atoms with Crippen LogP contribution < -0.4 is 0 Å². The molecule has 0 unspecified atom stereocenters. The number of rotatable bonds is 4. The molecule has 0 spiro atoms. The van der Waals surface area contributed by atoms with Gasteiger partial charge in [0.15, 0.2) is 5.82 Å². The third-order valence-corrected chi connectivity index (χ3v) is 4.41. The van der Waals surface area contributed by atoms with Crippen molar-refractivity contribution in [2.75, 3.05) is 0 Å². The van der Waals surface area contributed by atoms with E-state index in [9.17, 15) is 9.90 Å². The second kappa shape index (κ2) is 5.65. The lowest BCUT2D eigenvalue weighted by molar-refractivity contribution is -0.147. The summed E-state index contributed by atoms with van der Waals surface area (Å²) in [6.07, 6.45) is 0. The first kappa shape index (κ1) is 15.2. The van der Waals surface area contributed by atoms with Crippen LogP contribution in [0.3, 0.4) is 0 Å². The van der Waals surface area contributed by atoms with Crippen molar-refractivity contribution in [3.63, 3.8) is 0 Å². The Balaban J connectivity index is 2.38. The lowest BCUT2D eigenvalue weighted by Gasteiger charge is -2.19. The molecule has 0 radical (unpaired) electrons. The molecule has 1 aromatic carbocycles. The first-order valence-electron chi connectivity index (χ1n) is 5.76. The maximum atomic E-state index is 11.2. The van der Waals surface area contributed by atoms with E-state index in [4.69, 9.17) is 11.6 Å². The van der Waals surface area contributed by atoms with E-state index in [-0.39, 0.29) is 6.54 Å². The van der Waals surface area contributed by atoms with Crippen molar-refractivity contribution < 1.29 is 9.90 Å². The molecule has 0 fully saturated rings. The summed E-state index contributed by atoms with van der Waals surface area (Å²) >= 11 is 8.22. The molecule has 6 nitrogen and oxygen atoms in total. The molecule has 0 aliphatic rings. The van der Waals surface area contributed by atoms with Crippen LogP contribution in [0.1, 0.15) is 13.8 Å². The van der Waals surface area contributed by atoms with E-state index in [0.29, 0.717) is 10.8 Å². The summed E-state index contributed by atoms with van der Waals surface area (Å²) in [5.74, 6) is -0.405. The molecule has 1 aromatic heterocycles. The van der Waals surface area contributed by atoms with Crippen LogP contribution >= 0.6 is 34.2 Å². The molecule has 0 aliphatic heterocycles. The molecule has 0 bridgehead atoms. The zero-order chi connectivity index (χ0) is 14.9. The Hall–Kier alpha value is -1.22. The molecule has 0 amide bonds. The van der Waals surface area contributed by atoms with Crippen LogP contribution in [0.2, 0.25) is 5.02 Å². The Morgan fingerprint density at radius 2 is 2.20 bits per heavy atom. The largest absolute Gasteiger partial charge is 0.481 e. The average Bonchev–Trinajstić information content (AvgIpc) is 2.80. The minimum atomic E-state index is -0.961. The van der Waals surface area contributed by atoms with Crippen molar-refractivity contribution in [2.45, 2.75) is 20.4 Å². The van der Waals surface area contributed by atoms with Crippen molar-refractivity contribution in [2.24, 2.45) is 5.41 Å². The summed E-state index contributed by atoms with van der Waals surface area (Å²) in [6.45, 7) is 3.43. The molecular formula is C12H12ClIN4O2. The van der Waals surface area contributed by atoms with E-state index < -0.39 is 11.4 Å². The third kappa shape index (κ3) is 3.09. The van der Waals surface area contributed by atoms with Crippen molar-refractivity contribution in [1.29, 1.82) is 0 Å². The summed E-state index contributed by atoms with van der Waals surface area (Å²) in [5, 5.41) is 21.2. The molecule has 0 saturated heterocycles. The van der Waals surface area contributed by atoms with Gasteiger partial charge >= 0.3 is 5.97 Å². The van der Waals surface area contributed by atoms with Gasteiger partial charge in [-0.1, -0.05) is 11.6 Å². The lowest BCUT2D eigenvalue weighted by atomic mass is 9.94. The first-order chi connectivity index (χ1) is 9.31. The Morgan fingerprint density at radius 1 is 1.50 bits per heavy atom. The van der Waals surface area contributed by atoms with Gasteiger partial charge in [0.1, 0.15) is 0 Å². The van der Waals surface area contributed by atoms with Crippen LogP contribution in [0.5, 0.6) is 0 Å². The first-order valence-corrected chi connectivity index (χ1v) is 7.22. The number of aromatic nitrogens is 4. The third-order valence-electron chi connectivity index (χ3n) is 2.83. The number of carboxylic acids is 1. The second-order valence-corrected chi connectivity index (χ2v) is 6.55. The van der Waals surface area contributed by atoms with Crippen molar-refractivity contribution >= 4 is 40.2 Å². The Morgan fingerprint density at radius 3 is 2.80 bits per heavy atom. The highest BCUT2D eigenvalue weighted by Crippen LogP contribution is 2.26. The summed E-state index contributed by atoms with van der Waals surface area (Å²) < 4.78 is 2.41. The van der Waals surface area contributed by atoms with Gasteiger partial charge in [0.25, 0.3) is 0 Å². The minimum Gasteiger partial charge on any atom is -0.481 e. The van der Waals surface area contributed by atoms with Crippen molar-refractivity contribution in [1.82, 2.24) is 20.2 Å². The van der Waals surface area contributed by atoms with E-state index in [1.54, 1.807) is 19.9 Å². The quantitative estimate of drug-likeness (QED) is 0.790. The van der Waals surface area contributed by atoms with Gasteiger partial charge in [0.05, 0.1) is 17.0 Å². The Kier molecular flexibility index (Phi) is 4.28. The highest BCUT2D eigenvalue weighted by molar-refractivity contribution is 14.1. The van der Waals surface area contributed by atoms with E-state index >= 15 is 0 Å². The standard InChI is InChI=1S/C12H12ClIN4O2/c1-12(2,11(19)20)6-18-10(15-16-17-18)7-3-4-9(14)8(13)5-7/h3-5H,6H2,1-2H3,(H,19,20). The van der Waals surface area contributed by atoms with Gasteiger partial charge in [-0.25, -0.2) is 4.68 Å². The van der Waals surface area contributed by atoms with Crippen LogP contribution in [-0.4, -0.2) is 31.3 Å². The van der Waals surface area contributed by atoms with Gasteiger partial charge in [-0.05, 0) is 65.1 Å². The van der Waals surface area contributed by atoms with Crippen LogP contribution in [0.25, 0.3) is 11.4 Å². The Labute approximate surface area is 134 Å². The number of aliphatic carboxylic acids is 1. The molecule has 20 heavy (non-hydrogen) atoms.